The molecule has 1 aromatic rings. The van der Waals surface area contributed by atoms with E-state index in [4.69, 9.17) is 0 Å². The zero-order chi connectivity index (χ0) is 10.8. The van der Waals surface area contributed by atoms with Crippen molar-refractivity contribution in [3.8, 4) is 0 Å². The van der Waals surface area contributed by atoms with Gasteiger partial charge in [0.2, 0.25) is 5.95 Å². The third kappa shape index (κ3) is 1.74. The van der Waals surface area contributed by atoms with Crippen molar-refractivity contribution in [2.45, 2.75) is 0 Å². The first kappa shape index (κ1) is 9.45. The van der Waals surface area contributed by atoms with E-state index in [9.17, 15) is 14.0 Å². The number of allylic oxidation sites excluding steroid dienone is 4. The summed E-state index contributed by atoms with van der Waals surface area (Å²) in [4.78, 5) is 25.9. The predicted octanol–water partition coefficient (Wildman–Crippen LogP) is 1.31. The molecular formula is C11H6FNO2. The fraction of sp³-hybridized carbons (Fsp3) is 0. The fourth-order valence-corrected chi connectivity index (χ4v) is 1.31. The third-order valence-electron chi connectivity index (χ3n) is 2.00. The topological polar surface area (TPSA) is 47.0 Å². The Morgan fingerprint density at radius 3 is 2.73 bits per heavy atom. The lowest BCUT2D eigenvalue weighted by atomic mass is 9.97. The summed E-state index contributed by atoms with van der Waals surface area (Å²) >= 11 is 0. The summed E-state index contributed by atoms with van der Waals surface area (Å²) < 4.78 is 13.2. The summed E-state index contributed by atoms with van der Waals surface area (Å²) in [6.45, 7) is 0. The third-order valence-corrected chi connectivity index (χ3v) is 2.00. The summed E-state index contributed by atoms with van der Waals surface area (Å²) in [6.07, 6.45) is 4.68. The zero-order valence-electron chi connectivity index (χ0n) is 7.61. The Labute approximate surface area is 84.9 Å². The number of hydrogen-bond acceptors (Lipinski definition) is 3. The molecule has 0 radical (unpaired) electrons. The monoisotopic (exact) mass is 203 g/mol. The van der Waals surface area contributed by atoms with E-state index < -0.39 is 5.95 Å². The maximum absolute atomic E-state index is 13.2. The van der Waals surface area contributed by atoms with E-state index in [2.05, 4.69) is 4.98 Å². The highest BCUT2D eigenvalue weighted by Gasteiger charge is 2.18. The van der Waals surface area contributed by atoms with Gasteiger partial charge in [-0.1, -0.05) is 0 Å². The van der Waals surface area contributed by atoms with Gasteiger partial charge in [0, 0.05) is 17.3 Å². The predicted molar refractivity (Wildman–Crippen MR) is 51.3 cm³/mol. The van der Waals surface area contributed by atoms with Gasteiger partial charge in [-0.3, -0.25) is 9.59 Å². The molecule has 0 amide bonds. The van der Waals surface area contributed by atoms with E-state index in [-0.39, 0.29) is 22.7 Å². The molecule has 0 aliphatic heterocycles. The molecule has 2 rings (SSSR count). The molecule has 0 aromatic carbocycles. The van der Waals surface area contributed by atoms with Gasteiger partial charge in [-0.15, -0.1) is 0 Å². The van der Waals surface area contributed by atoms with Gasteiger partial charge in [-0.2, -0.15) is 4.39 Å². The van der Waals surface area contributed by atoms with Crippen LogP contribution in [0, 0.1) is 5.95 Å². The Morgan fingerprint density at radius 2 is 2.00 bits per heavy atom. The van der Waals surface area contributed by atoms with E-state index in [0.29, 0.717) is 0 Å². The smallest absolute Gasteiger partial charge is 0.220 e. The Morgan fingerprint density at radius 1 is 1.20 bits per heavy atom. The maximum Gasteiger partial charge on any atom is 0.220 e. The SMILES string of the molecule is O=C1C=CC(=O)C(c2cccnc2F)=C1. The average molecular weight is 203 g/mol. The van der Waals surface area contributed by atoms with Crippen LogP contribution in [0.5, 0.6) is 0 Å². The molecule has 1 aliphatic rings. The minimum atomic E-state index is -0.750. The molecule has 0 spiro atoms. The summed E-state index contributed by atoms with van der Waals surface area (Å²) in [7, 11) is 0. The van der Waals surface area contributed by atoms with Crippen LogP contribution in [0.2, 0.25) is 0 Å². The van der Waals surface area contributed by atoms with E-state index in [1.807, 2.05) is 0 Å². The van der Waals surface area contributed by atoms with Crippen LogP contribution in [0.3, 0.4) is 0 Å². The van der Waals surface area contributed by atoms with Crippen molar-refractivity contribution in [1.29, 1.82) is 0 Å². The van der Waals surface area contributed by atoms with E-state index in [1.165, 1.54) is 18.3 Å². The number of nitrogens with zero attached hydrogens (tertiary/aromatic N) is 1. The number of carbonyl (C=O) groups excluding carboxylic acids is 2. The maximum atomic E-state index is 13.2. The summed E-state index contributed by atoms with van der Waals surface area (Å²) in [5.74, 6) is -1.46. The molecule has 0 unspecified atom stereocenters. The average Bonchev–Trinajstić information content (AvgIpc) is 2.23. The Bertz CT molecular complexity index is 503. The van der Waals surface area contributed by atoms with Gasteiger partial charge in [0.15, 0.2) is 11.6 Å². The highest BCUT2D eigenvalue weighted by Crippen LogP contribution is 2.20. The molecule has 1 aliphatic carbocycles. The van der Waals surface area contributed by atoms with E-state index in [1.54, 1.807) is 0 Å². The Kier molecular flexibility index (Phi) is 2.25. The molecular weight excluding hydrogens is 197 g/mol. The molecule has 3 nitrogen and oxygen atoms in total. The van der Waals surface area contributed by atoms with E-state index in [0.717, 1.165) is 18.2 Å². The molecule has 0 saturated heterocycles. The minimum absolute atomic E-state index is 0.0492. The molecule has 0 fully saturated rings. The number of carbonyl (C=O) groups is 2. The molecule has 15 heavy (non-hydrogen) atoms. The molecule has 0 saturated carbocycles. The quantitative estimate of drug-likeness (QED) is 0.510. The zero-order valence-corrected chi connectivity index (χ0v) is 7.61. The van der Waals surface area contributed by atoms with Gasteiger partial charge < -0.3 is 0 Å². The van der Waals surface area contributed by atoms with Gasteiger partial charge in [0.1, 0.15) is 0 Å². The van der Waals surface area contributed by atoms with Crippen LogP contribution in [0.1, 0.15) is 5.56 Å². The molecule has 0 bridgehead atoms. The van der Waals surface area contributed by atoms with Crippen LogP contribution >= 0.6 is 0 Å². The van der Waals surface area contributed by atoms with Gasteiger partial charge in [-0.25, -0.2) is 4.98 Å². The molecule has 1 heterocycles. The number of rotatable bonds is 1. The van der Waals surface area contributed by atoms with Crippen molar-refractivity contribution >= 4 is 17.1 Å². The fourth-order valence-electron chi connectivity index (χ4n) is 1.31. The second kappa shape index (κ2) is 3.57. The standard InChI is InChI=1S/C11H6FNO2/c12-11-8(2-1-5-13-11)9-6-7(14)3-4-10(9)15/h1-6H. The van der Waals surface area contributed by atoms with Crippen LogP contribution in [0.25, 0.3) is 5.57 Å². The summed E-state index contributed by atoms with van der Waals surface area (Å²) in [5, 5.41) is 0. The Balaban J connectivity index is 2.52. The second-order valence-corrected chi connectivity index (χ2v) is 3.00. The largest absolute Gasteiger partial charge is 0.290 e. The van der Waals surface area contributed by atoms with Gasteiger partial charge in [0.25, 0.3) is 0 Å². The van der Waals surface area contributed by atoms with Crippen LogP contribution in [-0.4, -0.2) is 16.6 Å². The van der Waals surface area contributed by atoms with Crippen molar-refractivity contribution in [3.63, 3.8) is 0 Å². The van der Waals surface area contributed by atoms with Crippen LogP contribution < -0.4 is 0 Å². The van der Waals surface area contributed by atoms with E-state index >= 15 is 0 Å². The van der Waals surface area contributed by atoms with Crippen molar-refractivity contribution in [2.75, 3.05) is 0 Å². The van der Waals surface area contributed by atoms with Crippen molar-refractivity contribution in [2.24, 2.45) is 0 Å². The number of halogens is 1. The van der Waals surface area contributed by atoms with Crippen LogP contribution in [0.4, 0.5) is 4.39 Å². The van der Waals surface area contributed by atoms with Gasteiger partial charge in [0.05, 0.1) is 0 Å². The molecule has 4 heteroatoms. The molecule has 74 valence electrons. The summed E-state index contributed by atoms with van der Waals surface area (Å²) in [6, 6.07) is 2.92. The first-order valence-electron chi connectivity index (χ1n) is 4.27. The highest BCUT2D eigenvalue weighted by molar-refractivity contribution is 6.33. The molecule has 0 N–H and O–H groups in total. The summed E-state index contributed by atoms with van der Waals surface area (Å²) in [5.41, 5.74) is 0.105. The minimum Gasteiger partial charge on any atom is -0.290 e. The highest BCUT2D eigenvalue weighted by atomic mass is 19.1. The number of pyridine rings is 1. The number of ketones is 2. The van der Waals surface area contributed by atoms with Crippen molar-refractivity contribution in [3.05, 3.63) is 48.1 Å². The van der Waals surface area contributed by atoms with Crippen molar-refractivity contribution in [1.82, 2.24) is 4.98 Å². The second-order valence-electron chi connectivity index (χ2n) is 3.00. The molecule has 0 atom stereocenters. The Hall–Kier alpha value is -2.10. The molecule has 1 aromatic heterocycles. The van der Waals surface area contributed by atoms with Gasteiger partial charge >= 0.3 is 0 Å². The normalized spacial score (nSPS) is 15.4. The van der Waals surface area contributed by atoms with Crippen molar-refractivity contribution < 1.29 is 14.0 Å². The number of aromatic nitrogens is 1. The first-order chi connectivity index (χ1) is 7.18. The lowest BCUT2D eigenvalue weighted by molar-refractivity contribution is -0.113. The number of hydrogen-bond donors (Lipinski definition) is 0. The lowest BCUT2D eigenvalue weighted by Gasteiger charge is -2.06. The van der Waals surface area contributed by atoms with Crippen LogP contribution in [-0.2, 0) is 9.59 Å². The lowest BCUT2D eigenvalue weighted by Crippen LogP contribution is -2.08. The van der Waals surface area contributed by atoms with Crippen LogP contribution in [0.15, 0.2) is 36.6 Å². The first-order valence-corrected chi connectivity index (χ1v) is 4.27. The van der Waals surface area contributed by atoms with Gasteiger partial charge in [-0.05, 0) is 30.4 Å².